The predicted octanol–water partition coefficient (Wildman–Crippen LogP) is 3.29. The van der Waals surface area contributed by atoms with Crippen molar-refractivity contribution in [1.82, 2.24) is 0 Å². The van der Waals surface area contributed by atoms with Crippen LogP contribution in [0.5, 0.6) is 0 Å². The van der Waals surface area contributed by atoms with E-state index in [2.05, 4.69) is 11.9 Å². The van der Waals surface area contributed by atoms with Gasteiger partial charge in [0.25, 0.3) is 0 Å². The van der Waals surface area contributed by atoms with Crippen LogP contribution in [0.2, 0.25) is 0 Å². The maximum atomic E-state index is 2.30. The molecule has 1 radical (unpaired) electrons. The van der Waals surface area contributed by atoms with Gasteiger partial charge in [-0.15, -0.1) is 0 Å². The summed E-state index contributed by atoms with van der Waals surface area (Å²) in [4.78, 5) is 0. The minimum atomic E-state index is 1.35. The summed E-state index contributed by atoms with van der Waals surface area (Å²) in [5.41, 5.74) is 1.64. The Morgan fingerprint density at radius 1 is 1.22 bits per heavy atom. The zero-order valence-electron chi connectivity index (χ0n) is 5.43. The van der Waals surface area contributed by atoms with Crippen molar-refractivity contribution in [3.05, 3.63) is 22.8 Å². The van der Waals surface area contributed by atoms with Gasteiger partial charge in [0, 0.05) is 0 Å². The van der Waals surface area contributed by atoms with E-state index in [0.29, 0.717) is 0 Å². The Hall–Kier alpha value is -0.0900. The van der Waals surface area contributed by atoms with Crippen LogP contribution in [0.25, 0.3) is 0 Å². The molecule has 0 saturated carbocycles. The predicted molar refractivity (Wildman–Crippen MR) is 41.6 cm³/mol. The summed E-state index contributed by atoms with van der Waals surface area (Å²) >= 11 is 0. The molecule has 1 aliphatic heterocycles. The smallest absolute Gasteiger partial charge is 0.0222 e. The fraction of sp³-hybridized carbons (Fsp3) is 0.500. The Balaban J connectivity index is 2.24. The summed E-state index contributed by atoms with van der Waals surface area (Å²) in [6.45, 7) is 0. The molecule has 0 aromatic rings. The van der Waals surface area contributed by atoms with E-state index in [0.717, 1.165) is 0 Å². The molecular formula is C8H10P. The van der Waals surface area contributed by atoms with Gasteiger partial charge in [-0.2, -0.15) is 0 Å². The molecule has 0 fully saturated rings. The Morgan fingerprint density at radius 3 is 3.00 bits per heavy atom. The average Bonchev–Trinajstić information content (AvgIpc) is 2.33. The summed E-state index contributed by atoms with van der Waals surface area (Å²) in [6.07, 6.45) is 7.85. The second-order valence-electron chi connectivity index (χ2n) is 2.62. The molecule has 0 saturated heterocycles. The third-order valence-electron chi connectivity index (χ3n) is 1.99. The van der Waals surface area contributed by atoms with Crippen molar-refractivity contribution in [2.24, 2.45) is 0 Å². The van der Waals surface area contributed by atoms with Crippen LogP contribution in [0, 0.1) is 0 Å². The maximum absolute atomic E-state index is 2.30. The lowest BCUT2D eigenvalue weighted by Gasteiger charge is -2.11. The Kier molecular flexibility index (Phi) is 1.43. The minimum Gasteiger partial charge on any atom is -0.0576 e. The first-order chi connectivity index (χ1) is 4.47. The van der Waals surface area contributed by atoms with E-state index in [9.17, 15) is 0 Å². The molecule has 47 valence electrons. The van der Waals surface area contributed by atoms with E-state index in [1.54, 1.807) is 10.9 Å². The van der Waals surface area contributed by atoms with E-state index in [1.807, 2.05) is 0 Å². The second-order valence-corrected chi connectivity index (χ2v) is 3.72. The van der Waals surface area contributed by atoms with Crippen molar-refractivity contribution in [3.63, 3.8) is 0 Å². The van der Waals surface area contributed by atoms with Crippen molar-refractivity contribution in [2.45, 2.75) is 25.7 Å². The van der Waals surface area contributed by atoms with Crippen molar-refractivity contribution in [3.8, 4) is 0 Å². The van der Waals surface area contributed by atoms with Crippen LogP contribution in [0.4, 0.5) is 0 Å². The second kappa shape index (κ2) is 2.27. The fourth-order valence-corrected chi connectivity index (χ4v) is 2.53. The number of allylic oxidation sites excluding steroid dienone is 3. The van der Waals surface area contributed by atoms with Gasteiger partial charge in [-0.3, -0.25) is 0 Å². The van der Waals surface area contributed by atoms with Gasteiger partial charge >= 0.3 is 0 Å². The van der Waals surface area contributed by atoms with Gasteiger partial charge in [0.2, 0.25) is 0 Å². The van der Waals surface area contributed by atoms with Crippen LogP contribution in [-0.4, -0.2) is 0 Å². The van der Waals surface area contributed by atoms with Gasteiger partial charge in [-0.25, -0.2) is 0 Å². The molecule has 0 N–H and O–H groups in total. The van der Waals surface area contributed by atoms with Crippen molar-refractivity contribution in [2.75, 3.05) is 0 Å². The monoisotopic (exact) mass is 137 g/mol. The van der Waals surface area contributed by atoms with Gasteiger partial charge in [0.1, 0.15) is 0 Å². The van der Waals surface area contributed by atoms with Crippen molar-refractivity contribution in [1.29, 1.82) is 0 Å². The van der Waals surface area contributed by atoms with Crippen LogP contribution >= 0.6 is 8.58 Å². The average molecular weight is 137 g/mol. The molecule has 2 rings (SSSR count). The normalized spacial score (nSPS) is 27.6. The highest BCUT2D eigenvalue weighted by atomic mass is 31.1. The van der Waals surface area contributed by atoms with Crippen molar-refractivity contribution < 1.29 is 0 Å². The van der Waals surface area contributed by atoms with E-state index < -0.39 is 0 Å². The first-order valence-electron chi connectivity index (χ1n) is 3.56. The van der Waals surface area contributed by atoms with Crippen molar-refractivity contribution >= 4 is 8.58 Å². The Morgan fingerprint density at radius 2 is 2.11 bits per heavy atom. The third-order valence-corrected chi connectivity index (χ3v) is 3.11. The summed E-state index contributed by atoms with van der Waals surface area (Å²) in [6, 6.07) is 0. The molecule has 0 spiro atoms. The third kappa shape index (κ3) is 0.966. The Bertz CT molecular complexity index is 177. The number of hydrogen-bond donors (Lipinski definition) is 0. The highest BCUT2D eigenvalue weighted by Crippen LogP contribution is 2.43. The molecule has 0 amide bonds. The lowest BCUT2D eigenvalue weighted by Crippen LogP contribution is -1.90. The highest BCUT2D eigenvalue weighted by molar-refractivity contribution is 7.47. The first-order valence-corrected chi connectivity index (χ1v) is 4.52. The zero-order valence-corrected chi connectivity index (χ0v) is 6.32. The molecule has 1 heterocycles. The standard InChI is InChI=1S/C8H10P/c1-2-4-8-7(3-1)5-6-9-8/h5-6H,1-4H2. The van der Waals surface area contributed by atoms with E-state index in [4.69, 9.17) is 0 Å². The van der Waals surface area contributed by atoms with Crippen LogP contribution < -0.4 is 0 Å². The molecule has 0 aromatic heterocycles. The molecule has 0 bridgehead atoms. The largest absolute Gasteiger partial charge is 0.0576 e. The molecule has 0 atom stereocenters. The highest BCUT2D eigenvalue weighted by Gasteiger charge is 2.12. The van der Waals surface area contributed by atoms with Gasteiger partial charge < -0.3 is 0 Å². The lowest BCUT2D eigenvalue weighted by molar-refractivity contribution is 0.706. The molecule has 1 aliphatic carbocycles. The van der Waals surface area contributed by atoms with E-state index in [1.165, 1.54) is 34.3 Å². The SMILES string of the molecule is C1=CC2=C(CCCC2)[P]1. The molecule has 0 unspecified atom stereocenters. The first kappa shape index (κ1) is 5.68. The van der Waals surface area contributed by atoms with Crippen LogP contribution in [0.15, 0.2) is 22.8 Å². The topological polar surface area (TPSA) is 0 Å². The fourth-order valence-electron chi connectivity index (χ4n) is 1.46. The van der Waals surface area contributed by atoms with Gasteiger partial charge in [-0.05, 0) is 45.2 Å². The van der Waals surface area contributed by atoms with E-state index in [-0.39, 0.29) is 0 Å². The number of rotatable bonds is 0. The summed E-state index contributed by atoms with van der Waals surface area (Å²) in [7, 11) is 1.48. The zero-order chi connectivity index (χ0) is 6.10. The van der Waals surface area contributed by atoms with Crippen LogP contribution in [0.1, 0.15) is 25.7 Å². The van der Waals surface area contributed by atoms with Gasteiger partial charge in [0.15, 0.2) is 0 Å². The summed E-state index contributed by atoms with van der Waals surface area (Å²) in [5, 5.41) is 1.70. The lowest BCUT2D eigenvalue weighted by atomic mass is 10.00. The summed E-state index contributed by atoms with van der Waals surface area (Å²) in [5.74, 6) is 2.27. The molecule has 1 heteroatoms. The number of hydrogen-bond acceptors (Lipinski definition) is 0. The molecule has 2 aliphatic rings. The van der Waals surface area contributed by atoms with Crippen LogP contribution in [0.3, 0.4) is 0 Å². The summed E-state index contributed by atoms with van der Waals surface area (Å²) < 4.78 is 0. The molecule has 0 nitrogen and oxygen atoms in total. The van der Waals surface area contributed by atoms with Gasteiger partial charge in [-0.1, -0.05) is 11.9 Å². The van der Waals surface area contributed by atoms with Crippen LogP contribution in [-0.2, 0) is 0 Å². The van der Waals surface area contributed by atoms with Gasteiger partial charge in [0.05, 0.1) is 0 Å². The molecular weight excluding hydrogens is 127 g/mol. The maximum Gasteiger partial charge on any atom is -0.0222 e. The Labute approximate surface area is 57.8 Å². The molecule has 9 heavy (non-hydrogen) atoms. The van der Waals surface area contributed by atoms with E-state index >= 15 is 0 Å². The minimum absolute atomic E-state index is 1.35. The molecule has 0 aromatic carbocycles. The quantitative estimate of drug-likeness (QED) is 0.449.